The number of aliphatic carboxylic acids is 1. The summed E-state index contributed by atoms with van der Waals surface area (Å²) >= 11 is 0. The quantitative estimate of drug-likeness (QED) is 0.369. The van der Waals surface area contributed by atoms with Crippen molar-refractivity contribution in [2.24, 2.45) is 0 Å². The molecule has 1 amide bonds. The summed E-state index contributed by atoms with van der Waals surface area (Å²) in [5.74, 6) is -1.98. The van der Waals surface area contributed by atoms with E-state index in [4.69, 9.17) is 10.2 Å². The van der Waals surface area contributed by atoms with Crippen LogP contribution in [0.2, 0.25) is 0 Å². The van der Waals surface area contributed by atoms with Crippen LogP contribution in [0.4, 0.5) is 0 Å². The molecule has 0 rings (SSSR count). The number of carbonyl (C=O) groups is 2. The molecular formula is C10H17NO5. The fraction of sp³-hybridized carbons (Fsp3) is 0.600. The molecule has 0 aliphatic rings. The summed E-state index contributed by atoms with van der Waals surface area (Å²) in [4.78, 5) is 21.9. The van der Waals surface area contributed by atoms with Crippen molar-refractivity contribution in [3.63, 3.8) is 0 Å². The first kappa shape index (κ1) is 14.4. The minimum atomic E-state index is -1.22. The van der Waals surface area contributed by atoms with Gasteiger partial charge in [0.05, 0.1) is 5.76 Å². The summed E-state index contributed by atoms with van der Waals surface area (Å²) in [7, 11) is 0. The summed E-state index contributed by atoms with van der Waals surface area (Å²) in [5.41, 5.74) is 0. The molecule has 0 saturated heterocycles. The highest BCUT2D eigenvalue weighted by Crippen LogP contribution is 2.00. The van der Waals surface area contributed by atoms with Crippen LogP contribution in [0.3, 0.4) is 0 Å². The SMILES string of the molecule is CCC/C(O)=C/C(=O)NC(CCO)C(=O)O. The van der Waals surface area contributed by atoms with Crippen molar-refractivity contribution >= 4 is 11.9 Å². The van der Waals surface area contributed by atoms with E-state index in [1.807, 2.05) is 6.92 Å². The van der Waals surface area contributed by atoms with Crippen LogP contribution in [0, 0.1) is 0 Å². The van der Waals surface area contributed by atoms with E-state index in [1.54, 1.807) is 0 Å². The van der Waals surface area contributed by atoms with Gasteiger partial charge in [0.1, 0.15) is 6.04 Å². The molecule has 0 aromatic rings. The summed E-state index contributed by atoms with van der Waals surface area (Å²) in [5, 5.41) is 28.6. The van der Waals surface area contributed by atoms with Gasteiger partial charge in [0.15, 0.2) is 0 Å². The van der Waals surface area contributed by atoms with Gasteiger partial charge < -0.3 is 20.6 Å². The number of rotatable bonds is 7. The molecule has 92 valence electrons. The Morgan fingerprint density at radius 1 is 1.38 bits per heavy atom. The van der Waals surface area contributed by atoms with Crippen molar-refractivity contribution in [2.75, 3.05) is 6.61 Å². The average molecular weight is 231 g/mol. The molecule has 0 radical (unpaired) electrons. The van der Waals surface area contributed by atoms with Crippen LogP contribution in [0.25, 0.3) is 0 Å². The third-order valence-corrected chi connectivity index (χ3v) is 1.84. The van der Waals surface area contributed by atoms with Gasteiger partial charge in [-0.25, -0.2) is 4.79 Å². The Balaban J connectivity index is 4.29. The molecule has 0 spiro atoms. The van der Waals surface area contributed by atoms with Crippen LogP contribution in [0.15, 0.2) is 11.8 Å². The van der Waals surface area contributed by atoms with Crippen LogP contribution >= 0.6 is 0 Å². The van der Waals surface area contributed by atoms with Gasteiger partial charge in [0, 0.05) is 25.5 Å². The number of carbonyl (C=O) groups excluding carboxylic acids is 1. The van der Waals surface area contributed by atoms with Crippen molar-refractivity contribution in [3.05, 3.63) is 11.8 Å². The van der Waals surface area contributed by atoms with Crippen LogP contribution < -0.4 is 5.32 Å². The van der Waals surface area contributed by atoms with Gasteiger partial charge in [0.25, 0.3) is 0 Å². The third kappa shape index (κ3) is 6.02. The zero-order chi connectivity index (χ0) is 12.6. The van der Waals surface area contributed by atoms with Gasteiger partial charge in [-0.1, -0.05) is 6.92 Å². The van der Waals surface area contributed by atoms with Gasteiger partial charge in [-0.15, -0.1) is 0 Å². The monoisotopic (exact) mass is 231 g/mol. The molecule has 0 aromatic heterocycles. The fourth-order valence-corrected chi connectivity index (χ4v) is 1.08. The summed E-state index contributed by atoms with van der Waals surface area (Å²) in [6.45, 7) is 1.51. The smallest absolute Gasteiger partial charge is 0.326 e. The predicted octanol–water partition coefficient (Wildman–Crippen LogP) is 0.180. The number of allylic oxidation sites excluding steroid dienone is 1. The van der Waals surface area contributed by atoms with E-state index < -0.39 is 17.9 Å². The van der Waals surface area contributed by atoms with Gasteiger partial charge in [-0.2, -0.15) is 0 Å². The molecular weight excluding hydrogens is 214 g/mol. The Morgan fingerprint density at radius 2 is 2.00 bits per heavy atom. The van der Waals surface area contributed by atoms with Gasteiger partial charge in [-0.05, 0) is 6.42 Å². The number of aliphatic hydroxyl groups excluding tert-OH is 2. The molecule has 0 saturated carbocycles. The molecule has 0 bridgehead atoms. The van der Waals surface area contributed by atoms with E-state index in [1.165, 1.54) is 0 Å². The van der Waals surface area contributed by atoms with Crippen molar-refractivity contribution in [1.29, 1.82) is 0 Å². The summed E-state index contributed by atoms with van der Waals surface area (Å²) < 4.78 is 0. The number of carboxylic acids is 1. The lowest BCUT2D eigenvalue weighted by atomic mass is 10.2. The Hall–Kier alpha value is -1.56. The molecule has 0 aromatic carbocycles. The van der Waals surface area contributed by atoms with E-state index in [-0.39, 0.29) is 18.8 Å². The van der Waals surface area contributed by atoms with Crippen LogP contribution in [0.5, 0.6) is 0 Å². The Kier molecular flexibility index (Phi) is 6.95. The van der Waals surface area contributed by atoms with Gasteiger partial charge in [0.2, 0.25) is 5.91 Å². The molecule has 0 fully saturated rings. The lowest BCUT2D eigenvalue weighted by Crippen LogP contribution is -2.40. The number of carboxylic acid groups (broad SMARTS) is 1. The lowest BCUT2D eigenvalue weighted by Gasteiger charge is -2.11. The second kappa shape index (κ2) is 7.70. The lowest BCUT2D eigenvalue weighted by molar-refractivity contribution is -0.141. The van der Waals surface area contributed by atoms with Gasteiger partial charge >= 0.3 is 5.97 Å². The molecule has 0 aliphatic carbocycles. The summed E-state index contributed by atoms with van der Waals surface area (Å²) in [6, 6.07) is -1.14. The van der Waals surface area contributed by atoms with E-state index in [0.29, 0.717) is 12.8 Å². The molecule has 16 heavy (non-hydrogen) atoms. The van der Waals surface area contributed by atoms with E-state index in [9.17, 15) is 14.7 Å². The topological polar surface area (TPSA) is 107 Å². The second-order valence-corrected chi connectivity index (χ2v) is 3.30. The third-order valence-electron chi connectivity index (χ3n) is 1.84. The largest absolute Gasteiger partial charge is 0.512 e. The molecule has 0 heterocycles. The normalized spacial score (nSPS) is 13.2. The fourth-order valence-electron chi connectivity index (χ4n) is 1.08. The molecule has 1 unspecified atom stereocenters. The summed E-state index contributed by atoms with van der Waals surface area (Å²) in [6.07, 6.45) is 1.94. The van der Waals surface area contributed by atoms with Gasteiger partial charge in [-0.3, -0.25) is 4.79 Å². The molecule has 4 N–H and O–H groups in total. The van der Waals surface area contributed by atoms with E-state index in [2.05, 4.69) is 5.32 Å². The minimum Gasteiger partial charge on any atom is -0.512 e. The zero-order valence-electron chi connectivity index (χ0n) is 9.14. The number of hydrogen-bond acceptors (Lipinski definition) is 4. The first-order valence-corrected chi connectivity index (χ1v) is 5.05. The standard InChI is InChI=1S/C10H17NO5/c1-2-3-7(13)6-9(14)11-8(4-5-12)10(15)16/h6,8,12-13H,2-5H2,1H3,(H,11,14)(H,15,16)/b7-6-. The zero-order valence-corrected chi connectivity index (χ0v) is 9.14. The molecule has 1 atom stereocenters. The highest BCUT2D eigenvalue weighted by Gasteiger charge is 2.18. The second-order valence-electron chi connectivity index (χ2n) is 3.30. The van der Waals surface area contributed by atoms with E-state index in [0.717, 1.165) is 6.08 Å². The maximum Gasteiger partial charge on any atom is 0.326 e. The Morgan fingerprint density at radius 3 is 2.44 bits per heavy atom. The van der Waals surface area contributed by atoms with Crippen LogP contribution in [-0.2, 0) is 9.59 Å². The van der Waals surface area contributed by atoms with Crippen molar-refractivity contribution < 1.29 is 24.9 Å². The van der Waals surface area contributed by atoms with Crippen molar-refractivity contribution in [2.45, 2.75) is 32.2 Å². The number of nitrogens with one attached hydrogen (secondary N) is 1. The first-order chi connectivity index (χ1) is 7.51. The average Bonchev–Trinajstić information content (AvgIpc) is 2.16. The number of amides is 1. The Labute approximate surface area is 93.6 Å². The number of hydrogen-bond donors (Lipinski definition) is 4. The van der Waals surface area contributed by atoms with Crippen LogP contribution in [0.1, 0.15) is 26.2 Å². The first-order valence-electron chi connectivity index (χ1n) is 5.05. The van der Waals surface area contributed by atoms with E-state index >= 15 is 0 Å². The molecule has 6 heteroatoms. The Bertz CT molecular complexity index is 274. The minimum absolute atomic E-state index is 0.0660. The van der Waals surface area contributed by atoms with Crippen molar-refractivity contribution in [1.82, 2.24) is 5.32 Å². The highest BCUT2D eigenvalue weighted by atomic mass is 16.4. The maximum atomic E-state index is 11.2. The predicted molar refractivity (Wildman–Crippen MR) is 56.9 cm³/mol. The van der Waals surface area contributed by atoms with Crippen molar-refractivity contribution in [3.8, 4) is 0 Å². The molecule has 0 aliphatic heterocycles. The number of aliphatic hydroxyl groups is 2. The highest BCUT2D eigenvalue weighted by molar-refractivity contribution is 5.91. The molecule has 6 nitrogen and oxygen atoms in total. The maximum absolute atomic E-state index is 11.2. The van der Waals surface area contributed by atoms with Crippen LogP contribution in [-0.4, -0.2) is 39.8 Å².